The summed E-state index contributed by atoms with van der Waals surface area (Å²) in [5.41, 5.74) is 3.13. The van der Waals surface area contributed by atoms with Crippen molar-refractivity contribution in [2.75, 3.05) is 57.0 Å². The summed E-state index contributed by atoms with van der Waals surface area (Å²) in [5.74, 6) is 0.978. The normalized spacial score (nSPS) is 17.3. The van der Waals surface area contributed by atoms with E-state index in [0.717, 1.165) is 73.2 Å². The number of piperidine rings is 2. The number of carbonyl (C=O) groups is 3. The highest BCUT2D eigenvalue weighted by Crippen LogP contribution is 2.34. The van der Waals surface area contributed by atoms with E-state index in [2.05, 4.69) is 47.9 Å². The fourth-order valence-corrected chi connectivity index (χ4v) is 6.03. The molecule has 0 radical (unpaired) electrons. The maximum Gasteiger partial charge on any atom is 0.325 e. The molecule has 0 spiro atoms. The van der Waals surface area contributed by atoms with E-state index in [1.807, 2.05) is 59.3 Å². The van der Waals surface area contributed by atoms with Gasteiger partial charge in [0, 0.05) is 49.5 Å². The van der Waals surface area contributed by atoms with Crippen LogP contribution in [-0.4, -0.2) is 91.2 Å². The van der Waals surface area contributed by atoms with Gasteiger partial charge in [-0.25, -0.2) is 9.78 Å². The zero-order chi connectivity index (χ0) is 31.5. The third-order valence-corrected chi connectivity index (χ3v) is 8.18. The number of hydrogen-bond acceptors (Lipinski definition) is 6. The SMILES string of the molecule is Cc1cccc2ccnc(N(C(=O)N3CCC(c4cccc(NC(=O)/C=C/CN(C)C)c4)CC3)[C@@H]3CCCNC3)c12.O=CO. The summed E-state index contributed by atoms with van der Waals surface area (Å²) in [6.07, 6.45) is 9.02. The Kier molecular flexibility index (Phi) is 11.8. The number of fused-ring (bicyclic) bond motifs is 1. The van der Waals surface area contributed by atoms with E-state index in [9.17, 15) is 9.59 Å². The Balaban J connectivity index is 0.00000141. The number of carboxylic acid groups (broad SMARTS) is 1. The number of anilines is 2. The molecule has 5 rings (SSSR count). The summed E-state index contributed by atoms with van der Waals surface area (Å²) >= 11 is 0. The van der Waals surface area contributed by atoms with Gasteiger partial charge in [-0.1, -0.05) is 36.4 Å². The number of urea groups is 1. The second-order valence-corrected chi connectivity index (χ2v) is 11.6. The van der Waals surface area contributed by atoms with Gasteiger partial charge >= 0.3 is 6.03 Å². The minimum absolute atomic E-state index is 0.0472. The van der Waals surface area contributed by atoms with E-state index in [4.69, 9.17) is 14.9 Å². The Morgan fingerprint density at radius 2 is 1.86 bits per heavy atom. The molecule has 0 bridgehead atoms. The smallest absolute Gasteiger partial charge is 0.325 e. The number of amides is 3. The van der Waals surface area contributed by atoms with E-state index in [0.29, 0.717) is 19.0 Å². The number of rotatable bonds is 7. The first-order valence-electron chi connectivity index (χ1n) is 15.3. The highest BCUT2D eigenvalue weighted by Gasteiger charge is 2.34. The van der Waals surface area contributed by atoms with E-state index in [1.54, 1.807) is 6.08 Å². The predicted octanol–water partition coefficient (Wildman–Crippen LogP) is 4.86. The summed E-state index contributed by atoms with van der Waals surface area (Å²) in [5, 5.41) is 15.5. The third-order valence-electron chi connectivity index (χ3n) is 8.18. The molecule has 1 aromatic heterocycles. The molecule has 0 unspecified atom stereocenters. The molecule has 0 saturated carbocycles. The molecule has 234 valence electrons. The maximum atomic E-state index is 14.2. The van der Waals surface area contributed by atoms with Gasteiger partial charge < -0.3 is 25.5 Å². The molecule has 3 aromatic rings. The molecule has 0 aliphatic carbocycles. The van der Waals surface area contributed by atoms with Gasteiger partial charge in [0.05, 0.1) is 6.04 Å². The van der Waals surface area contributed by atoms with E-state index in [1.165, 1.54) is 5.56 Å². The Morgan fingerprint density at radius 3 is 2.57 bits per heavy atom. The van der Waals surface area contributed by atoms with Gasteiger partial charge in [0.2, 0.25) is 5.91 Å². The molecule has 3 heterocycles. The molecule has 2 fully saturated rings. The minimum atomic E-state index is -0.250. The van der Waals surface area contributed by atoms with E-state index >= 15 is 0 Å². The van der Waals surface area contributed by atoms with Gasteiger partial charge in [-0.05, 0) is 93.9 Å². The number of hydrogen-bond donors (Lipinski definition) is 3. The summed E-state index contributed by atoms with van der Waals surface area (Å²) in [7, 11) is 3.94. The molecule has 2 saturated heterocycles. The molecule has 1 atom stereocenters. The Hall–Kier alpha value is -4.28. The van der Waals surface area contributed by atoms with Crippen LogP contribution in [0.3, 0.4) is 0 Å². The van der Waals surface area contributed by atoms with Gasteiger partial charge in [-0.15, -0.1) is 0 Å². The minimum Gasteiger partial charge on any atom is -0.483 e. The molecular weight excluding hydrogens is 556 g/mol. The number of benzene rings is 2. The van der Waals surface area contributed by atoms with Crippen molar-refractivity contribution in [1.82, 2.24) is 20.1 Å². The first-order chi connectivity index (χ1) is 21.3. The lowest BCUT2D eigenvalue weighted by Crippen LogP contribution is -2.55. The quantitative estimate of drug-likeness (QED) is 0.262. The third kappa shape index (κ3) is 8.42. The van der Waals surface area contributed by atoms with Crippen LogP contribution in [0, 0.1) is 6.92 Å². The van der Waals surface area contributed by atoms with Gasteiger partial charge in [-0.2, -0.15) is 0 Å². The molecule has 3 N–H and O–H groups in total. The second-order valence-electron chi connectivity index (χ2n) is 11.6. The number of nitrogens with zero attached hydrogens (tertiary/aromatic N) is 4. The van der Waals surface area contributed by atoms with Crippen LogP contribution in [0.5, 0.6) is 0 Å². The molecule has 2 aromatic carbocycles. The van der Waals surface area contributed by atoms with Crippen molar-refractivity contribution < 1.29 is 19.5 Å². The lowest BCUT2D eigenvalue weighted by molar-refractivity contribution is -0.122. The number of nitrogens with one attached hydrogen (secondary N) is 2. The van der Waals surface area contributed by atoms with Crippen LogP contribution >= 0.6 is 0 Å². The lowest BCUT2D eigenvalue weighted by Gasteiger charge is -2.40. The number of pyridine rings is 1. The molecule has 2 aliphatic rings. The molecule has 2 aliphatic heterocycles. The molecular formula is C34H44N6O4. The topological polar surface area (TPSA) is 118 Å². The summed E-state index contributed by atoms with van der Waals surface area (Å²) < 4.78 is 0. The molecule has 3 amide bonds. The first kappa shape index (κ1) is 32.6. The number of likely N-dealkylation sites (tertiary alicyclic amines) is 1. The van der Waals surface area contributed by atoms with Crippen molar-refractivity contribution in [3.63, 3.8) is 0 Å². The highest BCUT2D eigenvalue weighted by molar-refractivity contribution is 6.03. The second kappa shape index (κ2) is 16.0. The average molecular weight is 601 g/mol. The number of carbonyl (C=O) groups excluding carboxylic acids is 2. The maximum absolute atomic E-state index is 14.2. The van der Waals surface area contributed by atoms with Gasteiger partial charge in [0.1, 0.15) is 5.82 Å². The van der Waals surface area contributed by atoms with Crippen LogP contribution < -0.4 is 15.5 Å². The van der Waals surface area contributed by atoms with Gasteiger partial charge in [-0.3, -0.25) is 14.5 Å². The van der Waals surface area contributed by atoms with E-state index < -0.39 is 0 Å². The summed E-state index contributed by atoms with van der Waals surface area (Å²) in [6.45, 7) is 5.70. The number of aryl methyl sites for hydroxylation is 1. The van der Waals surface area contributed by atoms with Crippen molar-refractivity contribution in [3.05, 3.63) is 78.0 Å². The standard InChI is InChI=1S/C33H42N6O2.CH2O2/c1-24-8-4-9-26-14-18-35-32(31(24)26)39(29-12-6-17-34-23-29)33(41)38-20-15-25(16-21-38)27-10-5-11-28(22-27)36-30(40)13-7-19-37(2)3;2-1-3/h4-5,7-11,13-14,18,22,25,29,34H,6,12,15-17,19-21,23H2,1-3H3,(H,36,40);1H,(H,2,3)/b13-7+;/t29-;/m1./s1. The molecule has 10 nitrogen and oxygen atoms in total. The predicted molar refractivity (Wildman–Crippen MR) is 175 cm³/mol. The number of aromatic nitrogens is 1. The average Bonchev–Trinajstić information content (AvgIpc) is 3.02. The van der Waals surface area contributed by atoms with E-state index in [-0.39, 0.29) is 24.5 Å². The van der Waals surface area contributed by atoms with Gasteiger partial charge in [0.25, 0.3) is 6.47 Å². The number of likely N-dealkylation sites (N-methyl/N-ethyl adjacent to an activating group) is 1. The first-order valence-corrected chi connectivity index (χ1v) is 15.3. The largest absolute Gasteiger partial charge is 0.483 e. The molecule has 44 heavy (non-hydrogen) atoms. The zero-order valence-electron chi connectivity index (χ0n) is 25.9. The van der Waals surface area contributed by atoms with Crippen LogP contribution in [0.2, 0.25) is 0 Å². The van der Waals surface area contributed by atoms with Crippen molar-refractivity contribution in [2.24, 2.45) is 0 Å². The monoisotopic (exact) mass is 600 g/mol. The zero-order valence-corrected chi connectivity index (χ0v) is 25.9. The van der Waals surface area contributed by atoms with Crippen molar-refractivity contribution in [2.45, 2.75) is 44.6 Å². The highest BCUT2D eigenvalue weighted by atomic mass is 16.3. The van der Waals surface area contributed by atoms with Gasteiger partial charge in [0.15, 0.2) is 0 Å². The Labute approximate surface area is 259 Å². The summed E-state index contributed by atoms with van der Waals surface area (Å²) in [4.78, 5) is 45.7. The Bertz CT molecular complexity index is 1440. The van der Waals surface area contributed by atoms with Crippen LogP contribution in [-0.2, 0) is 9.59 Å². The van der Waals surface area contributed by atoms with Crippen molar-refractivity contribution >= 4 is 40.7 Å². The fourth-order valence-electron chi connectivity index (χ4n) is 6.03. The van der Waals surface area contributed by atoms with Crippen molar-refractivity contribution in [1.29, 1.82) is 0 Å². The fraction of sp³-hybridized carbons (Fsp3) is 0.412. The van der Waals surface area contributed by atoms with Crippen molar-refractivity contribution in [3.8, 4) is 0 Å². The summed E-state index contributed by atoms with van der Waals surface area (Å²) in [6, 6.07) is 16.5. The van der Waals surface area contributed by atoms with Crippen LogP contribution in [0.1, 0.15) is 42.7 Å². The van der Waals surface area contributed by atoms with Crippen LogP contribution in [0.4, 0.5) is 16.3 Å². The van der Waals surface area contributed by atoms with Crippen LogP contribution in [0.25, 0.3) is 10.8 Å². The molecule has 10 heteroatoms. The Morgan fingerprint density at radius 1 is 1.11 bits per heavy atom. The van der Waals surface area contributed by atoms with Crippen LogP contribution in [0.15, 0.2) is 66.9 Å². The lowest BCUT2D eigenvalue weighted by atomic mass is 9.89.